The zero-order valence-electron chi connectivity index (χ0n) is 9.18. The van der Waals surface area contributed by atoms with Crippen LogP contribution in [-0.2, 0) is 5.41 Å². The van der Waals surface area contributed by atoms with E-state index in [0.717, 1.165) is 0 Å². The maximum Gasteiger partial charge on any atom is 0.0490 e. The lowest BCUT2D eigenvalue weighted by Crippen LogP contribution is -2.11. The van der Waals surface area contributed by atoms with E-state index >= 15 is 0 Å². The van der Waals surface area contributed by atoms with Crippen LogP contribution < -0.4 is 0 Å². The highest BCUT2D eigenvalue weighted by Gasteiger charge is 2.20. The standard InChI is InChI=1S/C12H16N2/c1-8-11(12(2,3)4)9-7-13-6-5-10(9)14-8/h5-7,14H,1-4H3. The summed E-state index contributed by atoms with van der Waals surface area (Å²) in [6.45, 7) is 8.82. The minimum absolute atomic E-state index is 0.172. The Morgan fingerprint density at radius 2 is 2.00 bits per heavy atom. The molecule has 0 unspecified atom stereocenters. The number of H-pyrrole nitrogens is 1. The van der Waals surface area contributed by atoms with Crippen LogP contribution in [-0.4, -0.2) is 9.97 Å². The summed E-state index contributed by atoms with van der Waals surface area (Å²) in [5.74, 6) is 0. The van der Waals surface area contributed by atoms with E-state index in [1.54, 1.807) is 0 Å². The van der Waals surface area contributed by atoms with Gasteiger partial charge in [-0.25, -0.2) is 0 Å². The molecule has 2 aromatic heterocycles. The Bertz CT molecular complexity index is 461. The second kappa shape index (κ2) is 2.84. The van der Waals surface area contributed by atoms with Crippen molar-refractivity contribution in [2.45, 2.75) is 33.1 Å². The molecule has 1 N–H and O–H groups in total. The number of pyridine rings is 1. The first-order chi connectivity index (χ1) is 6.50. The molecule has 0 aliphatic carbocycles. The van der Waals surface area contributed by atoms with E-state index in [1.807, 2.05) is 18.5 Å². The summed E-state index contributed by atoms with van der Waals surface area (Å²) in [4.78, 5) is 7.57. The summed E-state index contributed by atoms with van der Waals surface area (Å²) in [6.07, 6.45) is 3.77. The number of nitrogens with zero attached hydrogens (tertiary/aromatic N) is 1. The van der Waals surface area contributed by atoms with E-state index in [2.05, 4.69) is 37.7 Å². The van der Waals surface area contributed by atoms with Crippen molar-refractivity contribution in [2.24, 2.45) is 0 Å². The van der Waals surface area contributed by atoms with Crippen LogP contribution in [0.2, 0.25) is 0 Å². The highest BCUT2D eigenvalue weighted by Crippen LogP contribution is 2.32. The van der Waals surface area contributed by atoms with Crippen LogP contribution >= 0.6 is 0 Å². The summed E-state index contributed by atoms with van der Waals surface area (Å²) in [6, 6.07) is 2.03. The van der Waals surface area contributed by atoms with Gasteiger partial charge in [0.05, 0.1) is 0 Å². The lowest BCUT2D eigenvalue weighted by atomic mass is 9.85. The van der Waals surface area contributed by atoms with Crippen molar-refractivity contribution in [1.29, 1.82) is 0 Å². The Balaban J connectivity index is 2.81. The fourth-order valence-corrected chi connectivity index (χ4v) is 2.14. The molecule has 74 valence electrons. The van der Waals surface area contributed by atoms with E-state index in [9.17, 15) is 0 Å². The van der Waals surface area contributed by atoms with Gasteiger partial charge in [0, 0.05) is 29.0 Å². The molecule has 0 bridgehead atoms. The number of nitrogens with one attached hydrogen (secondary N) is 1. The van der Waals surface area contributed by atoms with E-state index in [4.69, 9.17) is 0 Å². The normalized spacial score (nSPS) is 12.3. The molecule has 2 nitrogen and oxygen atoms in total. The van der Waals surface area contributed by atoms with Gasteiger partial charge in [-0.1, -0.05) is 20.8 Å². The first-order valence-electron chi connectivity index (χ1n) is 4.93. The number of aromatic amines is 1. The van der Waals surface area contributed by atoms with Crippen molar-refractivity contribution in [3.8, 4) is 0 Å². The maximum absolute atomic E-state index is 4.18. The molecule has 0 fully saturated rings. The number of hydrogen-bond donors (Lipinski definition) is 1. The zero-order chi connectivity index (χ0) is 10.3. The maximum atomic E-state index is 4.18. The molecule has 0 aromatic carbocycles. The second-order valence-electron chi connectivity index (χ2n) is 4.80. The fraction of sp³-hybridized carbons (Fsp3) is 0.417. The van der Waals surface area contributed by atoms with Crippen LogP contribution in [0.5, 0.6) is 0 Å². The summed E-state index contributed by atoms with van der Waals surface area (Å²) in [5.41, 5.74) is 3.98. The molecule has 0 amide bonds. The molecule has 2 heteroatoms. The quantitative estimate of drug-likeness (QED) is 0.676. The molecule has 2 aromatic rings. The zero-order valence-corrected chi connectivity index (χ0v) is 9.18. The van der Waals surface area contributed by atoms with Crippen LogP contribution in [0.25, 0.3) is 10.9 Å². The van der Waals surface area contributed by atoms with Gasteiger partial charge in [-0.3, -0.25) is 4.98 Å². The molecular formula is C12H16N2. The van der Waals surface area contributed by atoms with Crippen LogP contribution in [0.15, 0.2) is 18.5 Å². The molecule has 0 spiro atoms. The van der Waals surface area contributed by atoms with Gasteiger partial charge < -0.3 is 4.98 Å². The number of fused-ring (bicyclic) bond motifs is 1. The number of rotatable bonds is 0. The van der Waals surface area contributed by atoms with Crippen molar-refractivity contribution >= 4 is 10.9 Å². The van der Waals surface area contributed by atoms with Gasteiger partial charge in [-0.2, -0.15) is 0 Å². The minimum atomic E-state index is 0.172. The Labute approximate surface area is 84.4 Å². The fourth-order valence-electron chi connectivity index (χ4n) is 2.14. The molecule has 0 saturated carbocycles. The predicted molar refractivity (Wildman–Crippen MR) is 59.5 cm³/mol. The molecule has 0 aliphatic heterocycles. The van der Waals surface area contributed by atoms with Crippen molar-refractivity contribution in [3.05, 3.63) is 29.7 Å². The minimum Gasteiger partial charge on any atom is -0.358 e. The number of hydrogen-bond acceptors (Lipinski definition) is 1. The monoisotopic (exact) mass is 188 g/mol. The smallest absolute Gasteiger partial charge is 0.0490 e. The second-order valence-corrected chi connectivity index (χ2v) is 4.80. The third kappa shape index (κ3) is 1.31. The highest BCUT2D eigenvalue weighted by atomic mass is 14.7. The average Bonchev–Trinajstić information content (AvgIpc) is 2.38. The van der Waals surface area contributed by atoms with E-state index in [0.29, 0.717) is 0 Å². The number of aromatic nitrogens is 2. The molecule has 14 heavy (non-hydrogen) atoms. The van der Waals surface area contributed by atoms with Gasteiger partial charge in [-0.05, 0) is 24.0 Å². The first kappa shape index (κ1) is 9.25. The van der Waals surface area contributed by atoms with Gasteiger partial charge >= 0.3 is 0 Å². The van der Waals surface area contributed by atoms with Gasteiger partial charge in [0.25, 0.3) is 0 Å². The lowest BCUT2D eigenvalue weighted by Gasteiger charge is -2.19. The Morgan fingerprint density at radius 1 is 1.29 bits per heavy atom. The SMILES string of the molecule is Cc1[nH]c2ccncc2c1C(C)(C)C. The summed E-state index contributed by atoms with van der Waals surface area (Å²) >= 11 is 0. The third-order valence-electron chi connectivity index (χ3n) is 2.54. The molecule has 0 atom stereocenters. The largest absolute Gasteiger partial charge is 0.358 e. The Kier molecular flexibility index (Phi) is 1.88. The van der Waals surface area contributed by atoms with Gasteiger partial charge in [0.15, 0.2) is 0 Å². The summed E-state index contributed by atoms with van der Waals surface area (Å²) in [7, 11) is 0. The third-order valence-corrected chi connectivity index (χ3v) is 2.54. The van der Waals surface area contributed by atoms with E-state index in [1.165, 1.54) is 22.2 Å². The van der Waals surface area contributed by atoms with E-state index < -0.39 is 0 Å². The van der Waals surface area contributed by atoms with Gasteiger partial charge in [0.2, 0.25) is 0 Å². The highest BCUT2D eigenvalue weighted by molar-refractivity contribution is 5.84. The van der Waals surface area contributed by atoms with Crippen molar-refractivity contribution in [3.63, 3.8) is 0 Å². The first-order valence-corrected chi connectivity index (χ1v) is 4.93. The van der Waals surface area contributed by atoms with Gasteiger partial charge in [0.1, 0.15) is 0 Å². The van der Waals surface area contributed by atoms with Crippen molar-refractivity contribution in [1.82, 2.24) is 9.97 Å². The Morgan fingerprint density at radius 3 is 2.64 bits per heavy atom. The molecule has 0 saturated heterocycles. The lowest BCUT2D eigenvalue weighted by molar-refractivity contribution is 0.591. The average molecular weight is 188 g/mol. The molecular weight excluding hydrogens is 172 g/mol. The van der Waals surface area contributed by atoms with Crippen LogP contribution in [0.4, 0.5) is 0 Å². The molecule has 2 heterocycles. The van der Waals surface area contributed by atoms with E-state index in [-0.39, 0.29) is 5.41 Å². The molecule has 0 aliphatic rings. The van der Waals surface area contributed by atoms with Crippen molar-refractivity contribution in [2.75, 3.05) is 0 Å². The molecule has 2 rings (SSSR count). The predicted octanol–water partition coefficient (Wildman–Crippen LogP) is 3.17. The van der Waals surface area contributed by atoms with Crippen LogP contribution in [0, 0.1) is 6.92 Å². The summed E-state index contributed by atoms with van der Waals surface area (Å²) < 4.78 is 0. The van der Waals surface area contributed by atoms with Crippen LogP contribution in [0.1, 0.15) is 32.0 Å². The van der Waals surface area contributed by atoms with Crippen molar-refractivity contribution < 1.29 is 0 Å². The molecule has 0 radical (unpaired) electrons. The van der Waals surface area contributed by atoms with Crippen LogP contribution in [0.3, 0.4) is 0 Å². The Hall–Kier alpha value is -1.31. The van der Waals surface area contributed by atoms with Gasteiger partial charge in [-0.15, -0.1) is 0 Å². The number of aryl methyl sites for hydroxylation is 1. The summed E-state index contributed by atoms with van der Waals surface area (Å²) in [5, 5.41) is 1.25. The topological polar surface area (TPSA) is 28.7 Å².